The summed E-state index contributed by atoms with van der Waals surface area (Å²) in [5.74, 6) is 0.417. The normalized spacial score (nSPS) is 25.0. The van der Waals surface area contributed by atoms with Crippen molar-refractivity contribution in [3.8, 4) is 0 Å². The van der Waals surface area contributed by atoms with Crippen LogP contribution in [0.2, 0.25) is 0 Å². The van der Waals surface area contributed by atoms with E-state index in [1.165, 1.54) is 5.56 Å². The Bertz CT molecular complexity index is 743. The average Bonchev–Trinajstić information content (AvgIpc) is 3.18. The summed E-state index contributed by atoms with van der Waals surface area (Å²) in [6, 6.07) is 6.00. The molecular weight excluding hydrogens is 356 g/mol. The van der Waals surface area contributed by atoms with Crippen molar-refractivity contribution in [1.29, 1.82) is 0 Å². The van der Waals surface area contributed by atoms with Crippen LogP contribution in [0.25, 0.3) is 0 Å². The summed E-state index contributed by atoms with van der Waals surface area (Å²) in [5, 5.41) is 3.93. The first-order chi connectivity index (χ1) is 11.9. The lowest BCUT2D eigenvalue weighted by atomic mass is 10.1. The minimum absolute atomic E-state index is 0.0701. The summed E-state index contributed by atoms with van der Waals surface area (Å²) < 4.78 is 29.6. The Kier molecular flexibility index (Phi) is 5.65. The molecule has 138 valence electrons. The summed E-state index contributed by atoms with van der Waals surface area (Å²) in [5.41, 5.74) is 3.33. The Morgan fingerprint density at radius 3 is 2.80 bits per heavy atom. The quantitative estimate of drug-likeness (QED) is 0.808. The van der Waals surface area contributed by atoms with Gasteiger partial charge in [-0.15, -0.1) is 0 Å². The molecule has 0 aromatic heterocycles. The minimum Gasteiger partial charge on any atom is -0.376 e. The zero-order valence-corrected chi connectivity index (χ0v) is 16.5. The zero-order valence-electron chi connectivity index (χ0n) is 14.8. The van der Waals surface area contributed by atoms with Crippen LogP contribution in [0.15, 0.2) is 18.2 Å². The monoisotopic (exact) mass is 382 g/mol. The van der Waals surface area contributed by atoms with Crippen LogP contribution in [0.5, 0.6) is 0 Å². The average molecular weight is 383 g/mol. The fraction of sp³-hybridized carbons (Fsp3) is 0.611. The molecule has 7 heteroatoms. The number of aryl methyl sites for hydroxylation is 1. The maximum absolute atomic E-state index is 11.9. The molecule has 0 spiro atoms. The molecule has 0 amide bonds. The van der Waals surface area contributed by atoms with Crippen molar-refractivity contribution in [1.82, 2.24) is 4.90 Å². The maximum Gasteiger partial charge on any atom is 0.173 e. The van der Waals surface area contributed by atoms with Gasteiger partial charge >= 0.3 is 0 Å². The van der Waals surface area contributed by atoms with E-state index in [0.717, 1.165) is 30.7 Å². The molecular formula is C18H26N2O3S2. The predicted molar refractivity (Wildman–Crippen MR) is 105 cm³/mol. The number of nitrogens with one attached hydrogen (secondary N) is 1. The molecule has 25 heavy (non-hydrogen) atoms. The van der Waals surface area contributed by atoms with Gasteiger partial charge in [-0.25, -0.2) is 8.42 Å². The molecule has 2 saturated heterocycles. The van der Waals surface area contributed by atoms with E-state index in [9.17, 15) is 8.42 Å². The summed E-state index contributed by atoms with van der Waals surface area (Å²) >= 11 is 5.67. The lowest BCUT2D eigenvalue weighted by Gasteiger charge is -2.33. The largest absolute Gasteiger partial charge is 0.376 e. The van der Waals surface area contributed by atoms with Crippen LogP contribution in [0.4, 0.5) is 5.69 Å². The van der Waals surface area contributed by atoms with Crippen molar-refractivity contribution < 1.29 is 13.2 Å². The third kappa shape index (κ3) is 4.51. The van der Waals surface area contributed by atoms with Gasteiger partial charge in [0.05, 0.1) is 17.6 Å². The molecule has 0 unspecified atom stereocenters. The highest BCUT2D eigenvalue weighted by atomic mass is 32.2. The standard InChI is InChI=1S/C18H26N2O3S2/c1-13-5-3-7-17(14(13)2)19-18(24)20(11-16-6-4-9-23-16)15-8-10-25(21,22)12-15/h3,5,7,15-16H,4,6,8-12H2,1-2H3,(H,19,24)/t15-,16-/m1/s1. The van der Waals surface area contributed by atoms with E-state index in [1.54, 1.807) is 0 Å². The van der Waals surface area contributed by atoms with Gasteiger partial charge in [0.1, 0.15) is 0 Å². The Labute approximate surface area is 155 Å². The van der Waals surface area contributed by atoms with E-state index in [2.05, 4.69) is 25.2 Å². The van der Waals surface area contributed by atoms with Gasteiger partial charge < -0.3 is 15.0 Å². The second-order valence-corrected chi connectivity index (χ2v) is 9.64. The molecule has 1 aromatic rings. The Hall–Kier alpha value is -1.18. The molecule has 0 aliphatic carbocycles. The van der Waals surface area contributed by atoms with Gasteiger partial charge in [-0.2, -0.15) is 0 Å². The van der Waals surface area contributed by atoms with Gasteiger partial charge in [-0.3, -0.25) is 0 Å². The van der Waals surface area contributed by atoms with Crippen LogP contribution in [-0.2, 0) is 14.6 Å². The van der Waals surface area contributed by atoms with Crippen LogP contribution in [-0.4, -0.2) is 55.2 Å². The molecule has 5 nitrogen and oxygen atoms in total. The highest BCUT2D eigenvalue weighted by molar-refractivity contribution is 7.91. The molecule has 3 rings (SSSR count). The molecule has 2 atom stereocenters. The van der Waals surface area contributed by atoms with E-state index < -0.39 is 9.84 Å². The Balaban J connectivity index is 1.77. The number of hydrogen-bond donors (Lipinski definition) is 1. The zero-order chi connectivity index (χ0) is 18.0. The molecule has 0 saturated carbocycles. The summed E-state index contributed by atoms with van der Waals surface area (Å²) in [7, 11) is -2.97. The molecule has 0 radical (unpaired) electrons. The topological polar surface area (TPSA) is 58.6 Å². The summed E-state index contributed by atoms with van der Waals surface area (Å²) in [6.45, 7) is 5.55. The van der Waals surface area contributed by atoms with Crippen molar-refractivity contribution in [2.45, 2.75) is 45.3 Å². The second-order valence-electron chi connectivity index (χ2n) is 7.02. The number of thiocarbonyl (C=S) groups is 1. The van der Waals surface area contributed by atoms with Crippen LogP contribution >= 0.6 is 12.2 Å². The van der Waals surface area contributed by atoms with E-state index in [1.807, 2.05) is 17.0 Å². The van der Waals surface area contributed by atoms with Gasteiger partial charge in [0, 0.05) is 24.9 Å². The maximum atomic E-state index is 11.9. The van der Waals surface area contributed by atoms with E-state index in [0.29, 0.717) is 18.1 Å². The second kappa shape index (κ2) is 7.60. The van der Waals surface area contributed by atoms with Crippen molar-refractivity contribution in [2.24, 2.45) is 0 Å². The number of hydrogen-bond acceptors (Lipinski definition) is 4. The number of sulfone groups is 1. The predicted octanol–water partition coefficient (Wildman–Crippen LogP) is 2.67. The van der Waals surface area contributed by atoms with Gasteiger partial charge in [0.2, 0.25) is 0 Å². The fourth-order valence-electron chi connectivity index (χ4n) is 3.50. The highest BCUT2D eigenvalue weighted by Crippen LogP contribution is 2.24. The first kappa shape index (κ1) is 18.6. The molecule has 2 fully saturated rings. The van der Waals surface area contributed by atoms with Crippen LogP contribution < -0.4 is 5.32 Å². The van der Waals surface area contributed by atoms with Crippen molar-refractivity contribution in [3.63, 3.8) is 0 Å². The minimum atomic E-state index is -2.97. The molecule has 2 heterocycles. The lowest BCUT2D eigenvalue weighted by Crippen LogP contribution is -2.47. The highest BCUT2D eigenvalue weighted by Gasteiger charge is 2.35. The van der Waals surface area contributed by atoms with Crippen molar-refractivity contribution in [2.75, 3.05) is 30.0 Å². The number of anilines is 1. The van der Waals surface area contributed by atoms with Crippen molar-refractivity contribution >= 4 is 32.9 Å². The molecule has 2 aliphatic rings. The summed E-state index contributed by atoms with van der Waals surface area (Å²) in [4.78, 5) is 2.04. The van der Waals surface area contributed by atoms with Crippen LogP contribution in [0.1, 0.15) is 30.4 Å². The van der Waals surface area contributed by atoms with Gasteiger partial charge in [-0.05, 0) is 62.5 Å². The number of nitrogens with zero attached hydrogens (tertiary/aromatic N) is 1. The fourth-order valence-corrected chi connectivity index (χ4v) is 5.56. The first-order valence-corrected chi connectivity index (χ1v) is 11.0. The van der Waals surface area contributed by atoms with Gasteiger partial charge in [0.25, 0.3) is 0 Å². The molecule has 1 N–H and O–H groups in total. The smallest absolute Gasteiger partial charge is 0.173 e. The third-order valence-corrected chi connectivity index (χ3v) is 7.27. The molecule has 0 bridgehead atoms. The van der Waals surface area contributed by atoms with E-state index in [4.69, 9.17) is 17.0 Å². The van der Waals surface area contributed by atoms with Crippen LogP contribution in [0, 0.1) is 13.8 Å². The van der Waals surface area contributed by atoms with Gasteiger partial charge in [-0.1, -0.05) is 12.1 Å². The SMILES string of the molecule is Cc1cccc(NC(=S)N(C[C@H]2CCCO2)[C@@H]2CCS(=O)(=O)C2)c1C. The Morgan fingerprint density at radius 2 is 2.16 bits per heavy atom. The Morgan fingerprint density at radius 1 is 1.36 bits per heavy atom. The van der Waals surface area contributed by atoms with E-state index in [-0.39, 0.29) is 23.7 Å². The third-order valence-electron chi connectivity index (χ3n) is 5.18. The molecule has 1 aromatic carbocycles. The van der Waals surface area contributed by atoms with Crippen molar-refractivity contribution in [3.05, 3.63) is 29.3 Å². The lowest BCUT2D eigenvalue weighted by molar-refractivity contribution is 0.0851. The number of ether oxygens (including phenoxy) is 1. The number of benzene rings is 1. The first-order valence-electron chi connectivity index (χ1n) is 8.81. The van der Waals surface area contributed by atoms with Gasteiger partial charge in [0.15, 0.2) is 14.9 Å². The number of rotatable bonds is 4. The molecule has 2 aliphatic heterocycles. The van der Waals surface area contributed by atoms with Crippen LogP contribution in [0.3, 0.4) is 0 Å². The summed E-state index contributed by atoms with van der Waals surface area (Å²) in [6.07, 6.45) is 2.81. The van der Waals surface area contributed by atoms with E-state index >= 15 is 0 Å².